The predicted molar refractivity (Wildman–Crippen MR) is 283 cm³/mol. The molecule has 69 heavy (non-hydrogen) atoms. The molecule has 2 N–H and O–H groups in total. The monoisotopic (exact) mass is 886 g/mol. The first-order valence-corrected chi connectivity index (χ1v) is 23.5. The third-order valence-electron chi connectivity index (χ3n) is 13.9. The number of nitrogens with zero attached hydrogens (tertiary/aromatic N) is 2. The Hall–Kier alpha value is -8.97. The molecule has 10 aromatic carbocycles. The number of benzene rings is 10. The molecule has 14 rings (SSSR count). The number of fused-ring (bicyclic) bond motifs is 9. The van der Waals surface area contributed by atoms with E-state index in [2.05, 4.69) is 221 Å². The minimum absolute atomic E-state index is 0.118. The number of hydrogen-bond acceptors (Lipinski definition) is 5. The molecular formula is C63H42N4O2. The number of rotatable bonds is 7. The van der Waals surface area contributed by atoms with Crippen molar-refractivity contribution >= 4 is 71.5 Å². The van der Waals surface area contributed by atoms with Crippen molar-refractivity contribution in [3.05, 3.63) is 247 Å². The lowest BCUT2D eigenvalue weighted by Crippen LogP contribution is -2.44. The molecule has 13 aromatic rings. The van der Waals surface area contributed by atoms with Gasteiger partial charge in [0.25, 0.3) is 0 Å². The molecular weight excluding hydrogens is 845 g/mol. The van der Waals surface area contributed by atoms with Crippen LogP contribution < -0.4 is 10.6 Å². The standard InChI is InChI=1S/C63H42N4O2/c1-5-13-39(14-6-1)43-23-29-55-51(33-43)52-34-44(40-15-7-2-8-16-40)24-30-56(52)67(55)48-26-32-58-54(38-48)50-27-21-46(36-59(50)69-58)45-25-31-57-53(35-45)49-28-22-47(37-60(49)68-57)63-65-61(41-17-9-3-10-18-41)64-62(66-63)42-19-11-4-12-20-42/h1-38,61,63,65H,(H,64,66). The van der Waals surface area contributed by atoms with Crippen molar-refractivity contribution in [2.24, 2.45) is 4.99 Å². The molecule has 0 saturated carbocycles. The van der Waals surface area contributed by atoms with Crippen molar-refractivity contribution in [1.82, 2.24) is 15.2 Å². The topological polar surface area (TPSA) is 67.6 Å². The maximum atomic E-state index is 6.63. The minimum Gasteiger partial charge on any atom is -0.456 e. The molecule has 0 spiro atoms. The molecule has 2 unspecified atom stereocenters. The average Bonchev–Trinajstić information content (AvgIpc) is 4.09. The fourth-order valence-corrected chi connectivity index (χ4v) is 10.4. The van der Waals surface area contributed by atoms with Crippen LogP contribution in [0.3, 0.4) is 0 Å². The summed E-state index contributed by atoms with van der Waals surface area (Å²) in [6, 6.07) is 81.8. The van der Waals surface area contributed by atoms with E-state index in [9.17, 15) is 0 Å². The largest absolute Gasteiger partial charge is 0.456 e. The molecule has 6 heteroatoms. The van der Waals surface area contributed by atoms with Gasteiger partial charge in [0, 0.05) is 43.6 Å². The van der Waals surface area contributed by atoms with Crippen LogP contribution in [0.2, 0.25) is 0 Å². The first-order chi connectivity index (χ1) is 34.1. The van der Waals surface area contributed by atoms with Gasteiger partial charge in [-0.15, -0.1) is 0 Å². The highest BCUT2D eigenvalue weighted by Crippen LogP contribution is 2.41. The summed E-state index contributed by atoms with van der Waals surface area (Å²) < 4.78 is 15.6. The van der Waals surface area contributed by atoms with Crippen LogP contribution in [0, 0.1) is 0 Å². The van der Waals surface area contributed by atoms with E-state index in [1.165, 1.54) is 33.0 Å². The van der Waals surface area contributed by atoms with E-state index in [0.717, 1.165) is 94.3 Å². The second-order valence-corrected chi connectivity index (χ2v) is 18.0. The SMILES string of the molecule is c1ccc(C2=NC(c3ccc4c(c3)oc3ccc(-c5ccc6c(c5)oc5ccc(-n7c8ccc(-c9ccccc9)cc8c8cc(-c9ccccc9)ccc87)cc56)cc34)NC(c3ccccc3)N2)cc1. The maximum absolute atomic E-state index is 6.63. The summed E-state index contributed by atoms with van der Waals surface area (Å²) in [4.78, 5) is 5.16. The van der Waals surface area contributed by atoms with E-state index in [1.54, 1.807) is 0 Å². The van der Waals surface area contributed by atoms with Crippen molar-refractivity contribution in [3.8, 4) is 39.1 Å². The second-order valence-electron chi connectivity index (χ2n) is 18.0. The number of aliphatic imine (C=N–C) groups is 1. The molecule has 0 radical (unpaired) electrons. The van der Waals surface area contributed by atoms with Crippen molar-refractivity contribution in [3.63, 3.8) is 0 Å². The molecule has 6 nitrogen and oxygen atoms in total. The molecule has 3 aromatic heterocycles. The lowest BCUT2D eigenvalue weighted by molar-refractivity contribution is 0.409. The number of nitrogens with one attached hydrogen (secondary N) is 2. The molecule has 0 fully saturated rings. The Kier molecular flexibility index (Phi) is 9.00. The first kappa shape index (κ1) is 39.2. The quantitative estimate of drug-likeness (QED) is 0.167. The van der Waals surface area contributed by atoms with Crippen molar-refractivity contribution < 1.29 is 8.83 Å². The van der Waals surface area contributed by atoms with Gasteiger partial charge in [-0.1, -0.05) is 158 Å². The molecule has 0 aliphatic carbocycles. The van der Waals surface area contributed by atoms with Crippen molar-refractivity contribution in [2.75, 3.05) is 0 Å². The molecule has 0 saturated heterocycles. The van der Waals surface area contributed by atoms with E-state index in [0.29, 0.717) is 0 Å². The fourth-order valence-electron chi connectivity index (χ4n) is 10.4. The zero-order valence-electron chi connectivity index (χ0n) is 37.3. The second kappa shape index (κ2) is 15.8. The summed E-state index contributed by atoms with van der Waals surface area (Å²) >= 11 is 0. The summed E-state index contributed by atoms with van der Waals surface area (Å²) in [5, 5.41) is 14.1. The average molecular weight is 887 g/mol. The lowest BCUT2D eigenvalue weighted by atomic mass is 10.0. The fraction of sp³-hybridized carbons (Fsp3) is 0.0317. The number of amidine groups is 1. The van der Waals surface area contributed by atoms with Crippen LogP contribution in [0.15, 0.2) is 244 Å². The predicted octanol–water partition coefficient (Wildman–Crippen LogP) is 15.9. The van der Waals surface area contributed by atoms with Gasteiger partial charge in [-0.25, -0.2) is 4.99 Å². The highest BCUT2D eigenvalue weighted by Gasteiger charge is 2.26. The van der Waals surface area contributed by atoms with Gasteiger partial charge < -0.3 is 18.7 Å². The third-order valence-corrected chi connectivity index (χ3v) is 13.9. The third kappa shape index (κ3) is 6.72. The summed E-state index contributed by atoms with van der Waals surface area (Å²) in [7, 11) is 0. The van der Waals surface area contributed by atoms with Crippen LogP contribution in [0.1, 0.15) is 29.0 Å². The van der Waals surface area contributed by atoms with E-state index in [-0.39, 0.29) is 12.3 Å². The summed E-state index contributed by atoms with van der Waals surface area (Å²) in [5.74, 6) is 0.850. The molecule has 326 valence electrons. The van der Waals surface area contributed by atoms with Gasteiger partial charge in [-0.3, -0.25) is 5.32 Å². The van der Waals surface area contributed by atoms with Gasteiger partial charge >= 0.3 is 0 Å². The molecule has 1 aliphatic heterocycles. The number of hydrogen-bond donors (Lipinski definition) is 2. The molecule has 0 bridgehead atoms. The van der Waals surface area contributed by atoms with Crippen LogP contribution in [-0.4, -0.2) is 10.4 Å². The van der Waals surface area contributed by atoms with Crippen LogP contribution in [0.4, 0.5) is 0 Å². The zero-order chi connectivity index (χ0) is 45.4. The van der Waals surface area contributed by atoms with Crippen molar-refractivity contribution in [2.45, 2.75) is 12.3 Å². The smallest absolute Gasteiger partial charge is 0.136 e. The van der Waals surface area contributed by atoms with Crippen LogP contribution in [-0.2, 0) is 0 Å². The Morgan fingerprint density at radius 2 is 0.841 bits per heavy atom. The molecule has 4 heterocycles. The Morgan fingerprint density at radius 1 is 0.348 bits per heavy atom. The van der Waals surface area contributed by atoms with Gasteiger partial charge in [-0.2, -0.15) is 0 Å². The van der Waals surface area contributed by atoms with Crippen LogP contribution in [0.5, 0.6) is 0 Å². The molecule has 0 amide bonds. The molecule has 2 atom stereocenters. The summed E-state index contributed by atoms with van der Waals surface area (Å²) in [5.41, 5.74) is 17.0. The number of aromatic nitrogens is 1. The molecule has 1 aliphatic rings. The first-order valence-electron chi connectivity index (χ1n) is 23.5. The van der Waals surface area contributed by atoms with E-state index < -0.39 is 0 Å². The normalized spacial score (nSPS) is 15.1. The number of furan rings is 2. The van der Waals surface area contributed by atoms with E-state index in [4.69, 9.17) is 13.8 Å². The lowest BCUT2D eigenvalue weighted by Gasteiger charge is -2.32. The van der Waals surface area contributed by atoms with Gasteiger partial charge in [0.1, 0.15) is 40.5 Å². The summed E-state index contributed by atoms with van der Waals surface area (Å²) in [6.45, 7) is 0. The van der Waals surface area contributed by atoms with E-state index >= 15 is 0 Å². The minimum atomic E-state index is -0.283. The van der Waals surface area contributed by atoms with Crippen molar-refractivity contribution in [1.29, 1.82) is 0 Å². The van der Waals surface area contributed by atoms with Crippen LogP contribution in [0.25, 0.3) is 105 Å². The van der Waals surface area contributed by atoms with Gasteiger partial charge in [0.2, 0.25) is 0 Å². The Labute approximate surface area is 397 Å². The highest BCUT2D eigenvalue weighted by atomic mass is 16.3. The highest BCUT2D eigenvalue weighted by molar-refractivity contribution is 6.13. The Balaban J connectivity index is 0.817. The summed E-state index contributed by atoms with van der Waals surface area (Å²) in [6.07, 6.45) is -0.401. The Morgan fingerprint density at radius 3 is 1.49 bits per heavy atom. The maximum Gasteiger partial charge on any atom is 0.136 e. The van der Waals surface area contributed by atoms with Gasteiger partial charge in [0.15, 0.2) is 0 Å². The van der Waals surface area contributed by atoms with Gasteiger partial charge in [0.05, 0.1) is 11.0 Å². The zero-order valence-corrected chi connectivity index (χ0v) is 37.3. The van der Waals surface area contributed by atoms with Crippen LogP contribution >= 0.6 is 0 Å². The Bertz CT molecular complexity index is 4040. The van der Waals surface area contributed by atoms with Gasteiger partial charge in [-0.05, 0) is 117 Å². The van der Waals surface area contributed by atoms with E-state index in [1.807, 2.05) is 24.3 Å².